The summed E-state index contributed by atoms with van der Waals surface area (Å²) in [7, 11) is 0. The van der Waals surface area contributed by atoms with Crippen LogP contribution in [0.3, 0.4) is 0 Å². The molecule has 0 aromatic heterocycles. The van der Waals surface area contributed by atoms with E-state index in [1.165, 1.54) is 0 Å². The standard InChI is InChI=1S/Fe.NO3/c;2-1(3)4. The van der Waals surface area contributed by atoms with E-state index in [-0.39, 0.29) is 17.1 Å². The van der Waals surface area contributed by atoms with E-state index < -0.39 is 5.09 Å². The molecule has 0 aliphatic carbocycles. The Kier molecular flexibility index (Phi) is 6.57. The van der Waals surface area contributed by atoms with Crippen molar-refractivity contribution in [3.63, 3.8) is 0 Å². The molecule has 0 spiro atoms. The summed E-state index contributed by atoms with van der Waals surface area (Å²) in [6, 6.07) is 0. The third-order valence-electron chi connectivity index (χ3n) is 0. The summed E-state index contributed by atoms with van der Waals surface area (Å²) in [5, 5.41) is 14.8. The van der Waals surface area contributed by atoms with Crippen LogP contribution in [-0.2, 0) is 22.3 Å². The molecule has 0 unspecified atom stereocenters. The zero-order valence-electron chi connectivity index (χ0n) is 2.03. The summed E-state index contributed by atoms with van der Waals surface area (Å²) in [6.45, 7) is 0. The minimum atomic E-state index is -1.75. The van der Waals surface area contributed by atoms with Crippen LogP contribution in [0.4, 0.5) is 0 Å². The van der Waals surface area contributed by atoms with Gasteiger partial charge in [-0.15, -0.1) is 15.3 Å². The molecule has 0 saturated carbocycles. The largest absolute Gasteiger partial charge is 0.322 e. The van der Waals surface area contributed by atoms with Gasteiger partial charge in [0.15, 0.2) is 0 Å². The fourth-order valence-corrected chi connectivity index (χ4v) is 0. The van der Waals surface area contributed by atoms with Crippen molar-refractivity contribution in [3.8, 4) is 0 Å². The molecule has 31 valence electrons. The Morgan fingerprint density at radius 2 is 1.60 bits per heavy atom. The van der Waals surface area contributed by atoms with Gasteiger partial charge in [-0.3, -0.25) is 0 Å². The van der Waals surface area contributed by atoms with Gasteiger partial charge in [0.2, 0.25) is 0 Å². The van der Waals surface area contributed by atoms with Crippen molar-refractivity contribution in [2.45, 2.75) is 0 Å². The van der Waals surface area contributed by atoms with E-state index in [0.717, 1.165) is 0 Å². The van der Waals surface area contributed by atoms with E-state index in [0.29, 0.717) is 0 Å². The van der Waals surface area contributed by atoms with Crippen LogP contribution in [0, 0.1) is 10.1 Å². The molecule has 1 radical (unpaired) electrons. The summed E-state index contributed by atoms with van der Waals surface area (Å²) in [5.41, 5.74) is 0. The first-order chi connectivity index (χ1) is 1.73. The molecule has 0 fully saturated rings. The molecule has 0 aliphatic heterocycles. The number of nitrogens with zero attached hydrogens (tertiary/aromatic N) is 1. The maximum Gasteiger partial charge on any atom is 0.322 e. The van der Waals surface area contributed by atoms with Crippen LogP contribution in [0.25, 0.3) is 0 Å². The number of hydrogen-bond acceptors (Lipinski definition) is 2. The minimum absolute atomic E-state index is 0. The molecule has 0 saturated heterocycles. The van der Waals surface area contributed by atoms with Crippen molar-refractivity contribution in [1.29, 1.82) is 0 Å². The smallest absolute Gasteiger partial charge is 0.107 e. The normalized spacial score (nSPS) is 4.80. The van der Waals surface area contributed by atoms with Crippen molar-refractivity contribution < 1.29 is 27.4 Å². The molecule has 0 heterocycles. The molecule has 0 bridgehead atoms. The fourth-order valence-electron chi connectivity index (χ4n) is 0. The molecule has 5 heteroatoms. The van der Waals surface area contributed by atoms with Gasteiger partial charge in [0.25, 0.3) is 0 Å². The van der Waals surface area contributed by atoms with Gasteiger partial charge < -0.3 is 0 Å². The average molecular weight is 118 g/mol. The molecular weight excluding hydrogens is 118 g/mol. The maximum atomic E-state index is 8.25. The first-order valence-electron chi connectivity index (χ1n) is 0.548. The van der Waals surface area contributed by atoms with Crippen LogP contribution < -0.4 is 0 Å². The Morgan fingerprint density at radius 1 is 1.60 bits per heavy atom. The predicted octanol–water partition coefficient (Wildman–Crippen LogP) is -0.394. The molecule has 0 amide bonds. The Labute approximate surface area is 38.4 Å². The zero-order chi connectivity index (χ0) is 3.58. The summed E-state index contributed by atoms with van der Waals surface area (Å²) in [4.78, 5) is 8.25. The van der Waals surface area contributed by atoms with Crippen LogP contribution in [0.2, 0.25) is 0 Å². The van der Waals surface area contributed by atoms with Gasteiger partial charge in [-0.05, 0) is 0 Å². The van der Waals surface area contributed by atoms with E-state index in [9.17, 15) is 0 Å². The van der Waals surface area contributed by atoms with Crippen LogP contribution in [0.15, 0.2) is 0 Å². The molecule has 0 aromatic carbocycles. The van der Waals surface area contributed by atoms with Crippen molar-refractivity contribution in [3.05, 3.63) is 10.1 Å². The molecule has 4 nitrogen and oxygen atoms in total. The fraction of sp³-hybridized carbons (Fsp3) is 0. The Balaban J connectivity index is 0. The zero-order valence-corrected chi connectivity index (χ0v) is 3.13. The van der Waals surface area contributed by atoms with Crippen molar-refractivity contribution in [2.24, 2.45) is 0 Å². The minimum Gasteiger partial charge on any atom is -0.107 e. The first-order valence-corrected chi connectivity index (χ1v) is 0.548. The average Bonchev–Trinajstić information content (AvgIpc) is 0.811. The number of hydrogen-bond donors (Lipinski definition) is 0. The topological polar surface area (TPSA) is 63.0 Å². The Hall–Kier alpha value is -0.281. The Bertz CT molecular complexity index is 29.9. The van der Waals surface area contributed by atoms with E-state index in [2.05, 4.69) is 0 Å². The van der Waals surface area contributed by atoms with E-state index in [4.69, 9.17) is 15.3 Å². The number of rotatable bonds is 0. The third kappa shape index (κ3) is 140. The van der Waals surface area contributed by atoms with E-state index in [1.54, 1.807) is 0 Å². The molecule has 0 atom stereocenters. The van der Waals surface area contributed by atoms with Crippen LogP contribution in [0.5, 0.6) is 0 Å². The van der Waals surface area contributed by atoms with E-state index >= 15 is 0 Å². The summed E-state index contributed by atoms with van der Waals surface area (Å²) in [6.07, 6.45) is 0. The Morgan fingerprint density at radius 3 is 1.60 bits per heavy atom. The second-order valence-electron chi connectivity index (χ2n) is 0.224. The van der Waals surface area contributed by atoms with E-state index in [1.807, 2.05) is 0 Å². The van der Waals surface area contributed by atoms with Crippen LogP contribution >= 0.6 is 0 Å². The second-order valence-corrected chi connectivity index (χ2v) is 0.224. The van der Waals surface area contributed by atoms with Gasteiger partial charge in [0, 0.05) is 17.1 Å². The molecule has 5 heavy (non-hydrogen) atoms. The monoisotopic (exact) mass is 118 g/mol. The van der Waals surface area contributed by atoms with Gasteiger partial charge >= 0.3 is 5.09 Å². The van der Waals surface area contributed by atoms with Crippen molar-refractivity contribution >= 4 is 0 Å². The van der Waals surface area contributed by atoms with Gasteiger partial charge in [-0.25, -0.2) is 0 Å². The molecular formula is FeNO3. The van der Waals surface area contributed by atoms with Gasteiger partial charge in [0.1, 0.15) is 0 Å². The van der Waals surface area contributed by atoms with Crippen LogP contribution in [-0.4, -0.2) is 5.09 Å². The molecule has 0 aromatic rings. The SMILES string of the molecule is [Fe].[O][N+](=O)[O-]. The maximum absolute atomic E-state index is 8.25. The summed E-state index contributed by atoms with van der Waals surface area (Å²) >= 11 is 0. The predicted molar refractivity (Wildman–Crippen MR) is 7.68 cm³/mol. The summed E-state index contributed by atoms with van der Waals surface area (Å²) < 4.78 is 0. The molecule has 0 N–H and O–H groups in total. The molecule has 0 aliphatic rings. The van der Waals surface area contributed by atoms with Gasteiger partial charge in [0.05, 0.1) is 0 Å². The third-order valence-corrected chi connectivity index (χ3v) is 0. The van der Waals surface area contributed by atoms with Gasteiger partial charge in [-0.2, -0.15) is 0 Å². The first kappa shape index (κ1) is 8.83. The van der Waals surface area contributed by atoms with Gasteiger partial charge in [-0.1, -0.05) is 0 Å². The van der Waals surface area contributed by atoms with Crippen molar-refractivity contribution in [2.75, 3.05) is 0 Å². The molecule has 0 rings (SSSR count). The quantitative estimate of drug-likeness (QED) is 0.247. The van der Waals surface area contributed by atoms with Crippen LogP contribution in [0.1, 0.15) is 0 Å². The second kappa shape index (κ2) is 3.72. The van der Waals surface area contributed by atoms with Crippen molar-refractivity contribution in [1.82, 2.24) is 0 Å². The summed E-state index contributed by atoms with van der Waals surface area (Å²) in [5.74, 6) is 0.